The van der Waals surface area contributed by atoms with Crippen LogP contribution in [-0.2, 0) is 9.53 Å². The Balaban J connectivity index is 2.30. The van der Waals surface area contributed by atoms with Crippen molar-refractivity contribution in [3.8, 4) is 0 Å². The second kappa shape index (κ2) is 6.36. The van der Waals surface area contributed by atoms with Crippen molar-refractivity contribution in [1.29, 1.82) is 0 Å². The van der Waals surface area contributed by atoms with Crippen LogP contribution < -0.4 is 5.32 Å². The molecule has 0 saturated carbocycles. The smallest absolute Gasteiger partial charge is 0.325 e. The minimum absolute atomic E-state index is 0.171. The van der Waals surface area contributed by atoms with Gasteiger partial charge in [0.25, 0.3) is 0 Å². The first-order valence-corrected chi connectivity index (χ1v) is 6.51. The molecule has 100 valence electrons. The molecule has 0 aliphatic carbocycles. The third-order valence-electron chi connectivity index (χ3n) is 3.85. The molecule has 17 heavy (non-hydrogen) atoms. The first-order valence-electron chi connectivity index (χ1n) is 6.51. The summed E-state index contributed by atoms with van der Waals surface area (Å²) in [6.07, 6.45) is 3.15. The number of hydrogen-bond donors (Lipinski definition) is 1. The minimum atomic E-state index is -0.542. The lowest BCUT2D eigenvalue weighted by Crippen LogP contribution is -2.48. The number of likely N-dealkylation sites (tertiary alicyclic amines) is 1. The molecule has 0 amide bonds. The molecule has 1 aliphatic heterocycles. The second-order valence-electron chi connectivity index (χ2n) is 5.37. The first-order chi connectivity index (χ1) is 8.01. The fourth-order valence-corrected chi connectivity index (χ4v) is 2.44. The van der Waals surface area contributed by atoms with Gasteiger partial charge in [0.15, 0.2) is 0 Å². The molecule has 0 aromatic carbocycles. The van der Waals surface area contributed by atoms with Gasteiger partial charge in [-0.2, -0.15) is 0 Å². The second-order valence-corrected chi connectivity index (χ2v) is 5.37. The van der Waals surface area contributed by atoms with Gasteiger partial charge in [0, 0.05) is 6.54 Å². The van der Waals surface area contributed by atoms with Crippen molar-refractivity contribution < 1.29 is 9.53 Å². The van der Waals surface area contributed by atoms with Gasteiger partial charge in [-0.15, -0.1) is 0 Å². The van der Waals surface area contributed by atoms with Crippen LogP contribution in [0.4, 0.5) is 0 Å². The lowest BCUT2D eigenvalue weighted by atomic mass is 9.96. The van der Waals surface area contributed by atoms with Gasteiger partial charge in [-0.05, 0) is 52.2 Å². The highest BCUT2D eigenvalue weighted by Gasteiger charge is 2.32. The van der Waals surface area contributed by atoms with E-state index in [9.17, 15) is 4.79 Å². The van der Waals surface area contributed by atoms with Gasteiger partial charge in [0.2, 0.25) is 0 Å². The maximum Gasteiger partial charge on any atom is 0.325 e. The third kappa shape index (κ3) is 3.96. The van der Waals surface area contributed by atoms with Crippen molar-refractivity contribution in [3.05, 3.63) is 0 Å². The summed E-state index contributed by atoms with van der Waals surface area (Å²) >= 11 is 0. The van der Waals surface area contributed by atoms with E-state index in [2.05, 4.69) is 17.1 Å². The maximum atomic E-state index is 11.6. The van der Waals surface area contributed by atoms with Gasteiger partial charge in [0.1, 0.15) is 5.54 Å². The number of carbonyl (C=O) groups excluding carboxylic acids is 1. The summed E-state index contributed by atoms with van der Waals surface area (Å²) in [6, 6.07) is 0. The Morgan fingerprint density at radius 2 is 2.29 bits per heavy atom. The summed E-state index contributed by atoms with van der Waals surface area (Å²) in [5, 5.41) is 3.07. The number of methoxy groups -OCH3 is 1. The molecule has 0 aromatic heterocycles. The average Bonchev–Trinajstić information content (AvgIpc) is 2.73. The maximum absolute atomic E-state index is 11.6. The Morgan fingerprint density at radius 3 is 2.76 bits per heavy atom. The minimum Gasteiger partial charge on any atom is -0.468 e. The number of nitrogens with one attached hydrogen (secondary N) is 1. The van der Waals surface area contributed by atoms with Gasteiger partial charge in [-0.1, -0.05) is 6.92 Å². The molecule has 4 heteroatoms. The lowest BCUT2D eigenvalue weighted by molar-refractivity contribution is -0.148. The van der Waals surface area contributed by atoms with Crippen molar-refractivity contribution in [2.45, 2.75) is 38.6 Å². The van der Waals surface area contributed by atoms with Gasteiger partial charge < -0.3 is 15.0 Å². The van der Waals surface area contributed by atoms with Crippen molar-refractivity contribution >= 4 is 5.97 Å². The van der Waals surface area contributed by atoms with Crippen LogP contribution in [0.1, 0.15) is 33.1 Å². The zero-order valence-electron chi connectivity index (χ0n) is 11.6. The predicted molar refractivity (Wildman–Crippen MR) is 68.9 cm³/mol. The van der Waals surface area contributed by atoms with Crippen LogP contribution in [0.5, 0.6) is 0 Å². The quantitative estimate of drug-likeness (QED) is 0.712. The topological polar surface area (TPSA) is 41.6 Å². The monoisotopic (exact) mass is 242 g/mol. The molecule has 1 N–H and O–H groups in total. The molecule has 0 aromatic rings. The summed E-state index contributed by atoms with van der Waals surface area (Å²) in [6.45, 7) is 7.69. The van der Waals surface area contributed by atoms with Crippen LogP contribution in [-0.4, -0.2) is 50.2 Å². The number of rotatable bonds is 6. The molecule has 1 rings (SSSR count). The van der Waals surface area contributed by atoms with E-state index in [1.807, 2.05) is 14.0 Å². The molecule has 2 unspecified atom stereocenters. The average molecular weight is 242 g/mol. The molecule has 0 spiro atoms. The van der Waals surface area contributed by atoms with Crippen LogP contribution in [0.2, 0.25) is 0 Å². The summed E-state index contributed by atoms with van der Waals surface area (Å²) in [5.41, 5.74) is -0.542. The molecule has 1 heterocycles. The number of nitrogens with zero attached hydrogens (tertiary/aromatic N) is 1. The van der Waals surface area contributed by atoms with E-state index in [1.165, 1.54) is 26.6 Å². The van der Waals surface area contributed by atoms with Crippen molar-refractivity contribution in [1.82, 2.24) is 10.2 Å². The fourth-order valence-electron chi connectivity index (χ4n) is 2.44. The van der Waals surface area contributed by atoms with Crippen LogP contribution in [0.3, 0.4) is 0 Å². The number of likely N-dealkylation sites (N-methyl/N-ethyl adjacent to an activating group) is 1. The van der Waals surface area contributed by atoms with Crippen LogP contribution in [0.15, 0.2) is 0 Å². The zero-order chi connectivity index (χ0) is 12.9. The molecule has 1 fully saturated rings. The van der Waals surface area contributed by atoms with E-state index in [1.54, 1.807) is 0 Å². The molecule has 4 nitrogen and oxygen atoms in total. The van der Waals surface area contributed by atoms with Gasteiger partial charge in [-0.3, -0.25) is 4.79 Å². The molecule has 1 aliphatic rings. The summed E-state index contributed by atoms with van der Waals surface area (Å²) in [7, 11) is 3.26. The molecule has 2 atom stereocenters. The number of hydrogen-bond acceptors (Lipinski definition) is 4. The highest BCUT2D eigenvalue weighted by atomic mass is 16.5. The highest BCUT2D eigenvalue weighted by molar-refractivity contribution is 5.80. The molecule has 1 saturated heterocycles. The first kappa shape index (κ1) is 14.5. The Hall–Kier alpha value is -0.610. The third-order valence-corrected chi connectivity index (χ3v) is 3.85. The lowest BCUT2D eigenvalue weighted by Gasteiger charge is -2.27. The number of esters is 1. The van der Waals surface area contributed by atoms with Crippen molar-refractivity contribution in [2.75, 3.05) is 33.8 Å². The Morgan fingerprint density at radius 1 is 1.59 bits per heavy atom. The van der Waals surface area contributed by atoms with Gasteiger partial charge in [-0.25, -0.2) is 0 Å². The summed E-state index contributed by atoms with van der Waals surface area (Å²) < 4.78 is 4.83. The standard InChI is InChI=1S/C13H26N2O2/c1-11-6-9-15(10-11)8-5-7-13(2,14-3)12(16)17-4/h11,14H,5-10H2,1-4H3. The van der Waals surface area contributed by atoms with Crippen LogP contribution in [0, 0.1) is 5.92 Å². The van der Waals surface area contributed by atoms with E-state index in [4.69, 9.17) is 4.74 Å². The van der Waals surface area contributed by atoms with Crippen LogP contribution in [0.25, 0.3) is 0 Å². The zero-order valence-corrected chi connectivity index (χ0v) is 11.6. The van der Waals surface area contributed by atoms with E-state index < -0.39 is 5.54 Å². The van der Waals surface area contributed by atoms with Gasteiger partial charge >= 0.3 is 5.97 Å². The largest absolute Gasteiger partial charge is 0.468 e. The fraction of sp³-hybridized carbons (Fsp3) is 0.923. The molecular weight excluding hydrogens is 216 g/mol. The number of ether oxygens (including phenoxy) is 1. The predicted octanol–water partition coefficient (Wildman–Crippen LogP) is 1.26. The Kier molecular flexibility index (Phi) is 5.40. The molecular formula is C13H26N2O2. The SMILES string of the molecule is CNC(C)(CCCN1CCC(C)C1)C(=O)OC. The van der Waals surface area contributed by atoms with E-state index in [0.717, 1.165) is 25.3 Å². The number of carbonyl (C=O) groups is 1. The Labute approximate surface area is 105 Å². The van der Waals surface area contributed by atoms with E-state index >= 15 is 0 Å². The van der Waals surface area contributed by atoms with Gasteiger partial charge in [0.05, 0.1) is 7.11 Å². The van der Waals surface area contributed by atoms with E-state index in [-0.39, 0.29) is 5.97 Å². The Bertz CT molecular complexity index is 258. The van der Waals surface area contributed by atoms with Crippen LogP contribution >= 0.6 is 0 Å². The van der Waals surface area contributed by atoms with Crippen molar-refractivity contribution in [3.63, 3.8) is 0 Å². The van der Waals surface area contributed by atoms with E-state index in [0.29, 0.717) is 0 Å². The normalized spacial score (nSPS) is 24.6. The summed E-state index contributed by atoms with van der Waals surface area (Å²) in [5.74, 6) is 0.654. The highest BCUT2D eigenvalue weighted by Crippen LogP contribution is 2.18. The summed E-state index contributed by atoms with van der Waals surface area (Å²) in [4.78, 5) is 14.1. The van der Waals surface area contributed by atoms with Crippen molar-refractivity contribution in [2.24, 2.45) is 5.92 Å². The molecule has 0 radical (unpaired) electrons. The molecule has 0 bridgehead atoms.